The van der Waals surface area contributed by atoms with Gasteiger partial charge >= 0.3 is 6.03 Å². The summed E-state index contributed by atoms with van der Waals surface area (Å²) in [5.74, 6) is 0.910. The molecule has 194 valence electrons. The average molecular weight is 570 g/mol. The van der Waals surface area contributed by atoms with Gasteiger partial charge in [-0.3, -0.25) is 5.10 Å². The van der Waals surface area contributed by atoms with Crippen molar-refractivity contribution in [2.75, 3.05) is 11.5 Å². The molecule has 3 aromatic carbocycles. The molecule has 0 saturated heterocycles. The number of amides is 2. The van der Waals surface area contributed by atoms with Gasteiger partial charge in [0.2, 0.25) is 0 Å². The monoisotopic (exact) mass is 568 g/mol. The molecule has 2 aromatic heterocycles. The Kier molecular flexibility index (Phi) is 7.33. The highest BCUT2D eigenvalue weighted by Crippen LogP contribution is 2.32. The molecule has 1 atom stereocenters. The topological polar surface area (TPSA) is 151 Å². The lowest BCUT2D eigenvalue weighted by Crippen LogP contribution is -2.39. The zero-order valence-electron chi connectivity index (χ0n) is 19.9. The Morgan fingerprint density at radius 1 is 1.03 bits per heavy atom. The molecule has 0 aliphatic rings. The molecular weight excluding hydrogens is 547 g/mol. The molecule has 0 radical (unpaired) electrons. The van der Waals surface area contributed by atoms with Crippen LogP contribution in [0.15, 0.2) is 60.7 Å². The summed E-state index contributed by atoms with van der Waals surface area (Å²) >= 11 is 19.0. The summed E-state index contributed by atoms with van der Waals surface area (Å²) in [6.07, 6.45) is 0.466. The van der Waals surface area contributed by atoms with Crippen LogP contribution in [-0.2, 0) is 13.0 Å². The zero-order chi connectivity index (χ0) is 26.8. The van der Waals surface area contributed by atoms with E-state index < -0.39 is 12.1 Å². The number of aromatic amines is 2. The van der Waals surface area contributed by atoms with Crippen LogP contribution in [0.25, 0.3) is 22.2 Å². The minimum atomic E-state index is -0.526. The maximum Gasteiger partial charge on any atom is 0.315 e. The number of urea groups is 1. The minimum Gasteiger partial charge on any atom is -0.398 e. The molecule has 5 rings (SSSR count). The molecule has 0 fully saturated rings. The van der Waals surface area contributed by atoms with Crippen molar-refractivity contribution >= 4 is 63.2 Å². The lowest BCUT2D eigenvalue weighted by molar-refractivity contribution is 0.236. The van der Waals surface area contributed by atoms with E-state index in [0.717, 1.165) is 22.0 Å². The van der Waals surface area contributed by atoms with Crippen molar-refractivity contribution in [2.24, 2.45) is 0 Å². The number of benzene rings is 3. The smallest absolute Gasteiger partial charge is 0.315 e. The quantitative estimate of drug-likeness (QED) is 0.136. The first-order valence-corrected chi connectivity index (χ1v) is 12.7. The molecular formula is C26H23Cl3N8O. The van der Waals surface area contributed by atoms with Crippen molar-refractivity contribution < 1.29 is 4.79 Å². The van der Waals surface area contributed by atoms with E-state index in [1.165, 1.54) is 0 Å². The minimum absolute atomic E-state index is 0.0899. The van der Waals surface area contributed by atoms with Crippen LogP contribution in [0.3, 0.4) is 0 Å². The van der Waals surface area contributed by atoms with Gasteiger partial charge in [-0.05, 0) is 36.2 Å². The second-order valence-corrected chi connectivity index (χ2v) is 9.82. The van der Waals surface area contributed by atoms with E-state index in [1.54, 1.807) is 12.1 Å². The molecule has 12 heteroatoms. The van der Waals surface area contributed by atoms with E-state index in [-0.39, 0.29) is 6.54 Å². The van der Waals surface area contributed by atoms with Crippen LogP contribution < -0.4 is 22.1 Å². The van der Waals surface area contributed by atoms with Crippen LogP contribution in [0.2, 0.25) is 15.2 Å². The molecule has 5 aromatic rings. The van der Waals surface area contributed by atoms with Gasteiger partial charge in [0.1, 0.15) is 16.7 Å². The fraction of sp³-hybridized carbons (Fsp3) is 0.115. The number of carbonyl (C=O) groups is 1. The Morgan fingerprint density at radius 2 is 1.82 bits per heavy atom. The van der Waals surface area contributed by atoms with Gasteiger partial charge in [0.25, 0.3) is 0 Å². The van der Waals surface area contributed by atoms with E-state index in [9.17, 15) is 4.79 Å². The highest BCUT2D eigenvalue weighted by atomic mass is 35.5. The molecule has 2 heterocycles. The lowest BCUT2D eigenvalue weighted by Gasteiger charge is -2.18. The fourth-order valence-corrected chi connectivity index (χ4v) is 4.81. The Balaban J connectivity index is 1.40. The van der Waals surface area contributed by atoms with E-state index in [2.05, 4.69) is 25.8 Å². The van der Waals surface area contributed by atoms with Crippen molar-refractivity contribution in [1.29, 1.82) is 0 Å². The van der Waals surface area contributed by atoms with Gasteiger partial charge in [-0.15, -0.1) is 0 Å². The Bertz CT molecular complexity index is 1620. The van der Waals surface area contributed by atoms with Gasteiger partial charge in [0, 0.05) is 28.7 Å². The second kappa shape index (κ2) is 10.8. The van der Waals surface area contributed by atoms with E-state index in [1.807, 2.05) is 48.5 Å². The van der Waals surface area contributed by atoms with Gasteiger partial charge in [-0.25, -0.2) is 9.78 Å². The summed E-state index contributed by atoms with van der Waals surface area (Å²) < 4.78 is 0. The summed E-state index contributed by atoms with van der Waals surface area (Å²) in [5.41, 5.74) is 15.9. The number of nitrogens with one attached hydrogen (secondary N) is 4. The normalized spacial score (nSPS) is 12.0. The van der Waals surface area contributed by atoms with Crippen molar-refractivity contribution in [3.05, 3.63) is 92.8 Å². The van der Waals surface area contributed by atoms with Crippen molar-refractivity contribution in [1.82, 2.24) is 30.8 Å². The highest BCUT2D eigenvalue weighted by molar-refractivity contribution is 6.42. The van der Waals surface area contributed by atoms with Crippen LogP contribution in [0.1, 0.15) is 23.0 Å². The number of nitrogen functional groups attached to an aromatic ring is 2. The number of rotatable bonds is 7. The Labute approximate surface area is 232 Å². The molecule has 8 N–H and O–H groups in total. The van der Waals surface area contributed by atoms with Crippen molar-refractivity contribution in [3.63, 3.8) is 0 Å². The van der Waals surface area contributed by atoms with Crippen molar-refractivity contribution in [2.45, 2.75) is 19.0 Å². The van der Waals surface area contributed by atoms with Gasteiger partial charge < -0.3 is 27.1 Å². The number of nitrogens with two attached hydrogens (primary N) is 2. The maximum absolute atomic E-state index is 13.0. The maximum atomic E-state index is 13.0. The predicted molar refractivity (Wildman–Crippen MR) is 152 cm³/mol. The first kappa shape index (κ1) is 25.7. The van der Waals surface area contributed by atoms with E-state index >= 15 is 0 Å². The second-order valence-electron chi connectivity index (χ2n) is 8.65. The number of hydrogen-bond donors (Lipinski definition) is 6. The molecule has 38 heavy (non-hydrogen) atoms. The van der Waals surface area contributed by atoms with Gasteiger partial charge in [0.15, 0.2) is 5.82 Å². The summed E-state index contributed by atoms with van der Waals surface area (Å²) in [7, 11) is 0. The van der Waals surface area contributed by atoms with Gasteiger partial charge in [0.05, 0.1) is 21.6 Å². The number of nitrogens with zero attached hydrogens (tertiary/aromatic N) is 2. The van der Waals surface area contributed by atoms with Crippen LogP contribution >= 0.6 is 34.8 Å². The SMILES string of the molecule is Nc1ccc(Cl)c(Cl)c1CNC(=O)N[C@@H](Cc1ccccc1)c1nc(-c2ccc3c(N)n[nH]c3c2)c(Cl)[nH]1. The van der Waals surface area contributed by atoms with Crippen molar-refractivity contribution in [3.8, 4) is 11.3 Å². The molecule has 2 amide bonds. The van der Waals surface area contributed by atoms with E-state index in [0.29, 0.717) is 50.2 Å². The first-order chi connectivity index (χ1) is 18.3. The first-order valence-electron chi connectivity index (χ1n) is 11.6. The van der Waals surface area contributed by atoms with Gasteiger partial charge in [-0.1, -0.05) is 71.2 Å². The number of halogens is 3. The molecule has 9 nitrogen and oxygen atoms in total. The molecule has 0 saturated carbocycles. The fourth-order valence-electron chi connectivity index (χ4n) is 4.14. The molecule has 0 aliphatic carbocycles. The third-order valence-corrected chi connectivity index (χ3v) is 7.24. The molecule has 0 unspecified atom stereocenters. The predicted octanol–water partition coefficient (Wildman–Crippen LogP) is 5.86. The molecule has 0 bridgehead atoms. The Hall–Kier alpha value is -3.92. The number of imidazole rings is 1. The summed E-state index contributed by atoms with van der Waals surface area (Å²) in [4.78, 5) is 20.8. The summed E-state index contributed by atoms with van der Waals surface area (Å²) in [5, 5.41) is 14.5. The average Bonchev–Trinajstić information content (AvgIpc) is 3.48. The molecule has 0 aliphatic heterocycles. The third-order valence-electron chi connectivity index (χ3n) is 6.12. The number of aromatic nitrogens is 4. The van der Waals surface area contributed by atoms with E-state index in [4.69, 9.17) is 51.3 Å². The van der Waals surface area contributed by atoms with Crippen LogP contribution in [0.4, 0.5) is 16.3 Å². The highest BCUT2D eigenvalue weighted by Gasteiger charge is 2.22. The number of carbonyl (C=O) groups excluding carboxylic acids is 1. The zero-order valence-corrected chi connectivity index (χ0v) is 22.1. The Morgan fingerprint density at radius 3 is 2.61 bits per heavy atom. The van der Waals surface area contributed by atoms with Crippen LogP contribution in [0, 0.1) is 0 Å². The number of anilines is 2. The van der Waals surface area contributed by atoms with Crippen LogP contribution in [-0.4, -0.2) is 26.2 Å². The molecule has 0 spiro atoms. The number of hydrogen-bond acceptors (Lipinski definition) is 5. The van der Waals surface area contributed by atoms with Gasteiger partial charge in [-0.2, -0.15) is 5.10 Å². The standard InChI is InChI=1S/C26H23Cl3N8O/c27-17-8-9-18(30)16(21(17)28)12-32-26(38)33-20(10-13-4-2-1-3-5-13)25-34-22(23(29)35-25)14-6-7-15-19(11-14)36-37-24(15)31/h1-9,11,20H,10,12,30H2,(H,34,35)(H3,31,36,37)(H2,32,33,38)/t20-/m0/s1. The number of fused-ring (bicyclic) bond motifs is 1. The summed E-state index contributed by atoms with van der Waals surface area (Å²) in [6.45, 7) is 0.0899. The summed E-state index contributed by atoms with van der Waals surface area (Å²) in [6, 6.07) is 17.6. The largest absolute Gasteiger partial charge is 0.398 e. The van der Waals surface area contributed by atoms with Crippen LogP contribution in [0.5, 0.6) is 0 Å². The number of H-pyrrole nitrogens is 2. The lowest BCUT2D eigenvalue weighted by atomic mass is 10.1. The third kappa shape index (κ3) is 5.35.